The summed E-state index contributed by atoms with van der Waals surface area (Å²) in [4.78, 5) is 26.1. The molecule has 0 unspecified atom stereocenters. The molecular formula is C34H22O6. The summed E-state index contributed by atoms with van der Waals surface area (Å²) in [5, 5.41) is 22.6. The SMILES string of the molecule is O=C(Oc1ccc(OC(=O)c2ccc3cc(O)ccc3c2)c(-c2ccccc2)c1)c1ccc2cc(O)ccc2c1. The minimum atomic E-state index is -0.542. The van der Waals surface area contributed by atoms with Crippen LogP contribution in [0.3, 0.4) is 0 Å². The predicted molar refractivity (Wildman–Crippen MR) is 153 cm³/mol. The zero-order valence-electron chi connectivity index (χ0n) is 21.1. The summed E-state index contributed by atoms with van der Waals surface area (Å²) in [6.45, 7) is 0. The smallest absolute Gasteiger partial charge is 0.343 e. The molecule has 6 rings (SSSR count). The minimum Gasteiger partial charge on any atom is -0.508 e. The number of aromatic hydroxyl groups is 2. The average molecular weight is 527 g/mol. The second-order valence-electron chi connectivity index (χ2n) is 9.30. The van der Waals surface area contributed by atoms with Gasteiger partial charge in [0, 0.05) is 5.56 Å². The van der Waals surface area contributed by atoms with E-state index in [1.807, 2.05) is 30.3 Å². The first-order chi connectivity index (χ1) is 19.4. The van der Waals surface area contributed by atoms with Crippen LogP contribution < -0.4 is 9.47 Å². The van der Waals surface area contributed by atoms with Gasteiger partial charge in [0.25, 0.3) is 0 Å². The Morgan fingerprint density at radius 2 is 1.02 bits per heavy atom. The van der Waals surface area contributed by atoms with Crippen LogP contribution in [-0.4, -0.2) is 22.2 Å². The zero-order chi connectivity index (χ0) is 27.6. The van der Waals surface area contributed by atoms with Gasteiger partial charge in [-0.05, 0) is 93.8 Å². The second-order valence-corrected chi connectivity index (χ2v) is 9.30. The molecule has 0 saturated heterocycles. The molecule has 6 aromatic carbocycles. The highest BCUT2D eigenvalue weighted by atomic mass is 16.5. The molecule has 0 aliphatic heterocycles. The van der Waals surface area contributed by atoms with E-state index in [0.29, 0.717) is 28.2 Å². The number of benzene rings is 6. The largest absolute Gasteiger partial charge is 0.508 e. The van der Waals surface area contributed by atoms with Gasteiger partial charge >= 0.3 is 11.9 Å². The number of hydrogen-bond acceptors (Lipinski definition) is 6. The maximum Gasteiger partial charge on any atom is 0.343 e. The molecule has 0 atom stereocenters. The third kappa shape index (κ3) is 5.06. The summed E-state index contributed by atoms with van der Waals surface area (Å²) in [7, 11) is 0. The maximum absolute atomic E-state index is 13.1. The Labute approximate surface area is 229 Å². The van der Waals surface area contributed by atoms with Crippen molar-refractivity contribution >= 4 is 33.5 Å². The molecule has 194 valence electrons. The molecular weight excluding hydrogens is 504 g/mol. The molecule has 40 heavy (non-hydrogen) atoms. The lowest BCUT2D eigenvalue weighted by molar-refractivity contribution is 0.0720. The van der Waals surface area contributed by atoms with Gasteiger partial charge in [-0.25, -0.2) is 9.59 Å². The number of carbonyl (C=O) groups excluding carboxylic acids is 2. The first kappa shape index (κ1) is 24.7. The fourth-order valence-electron chi connectivity index (χ4n) is 4.55. The van der Waals surface area contributed by atoms with Gasteiger partial charge in [-0.3, -0.25) is 0 Å². The van der Waals surface area contributed by atoms with Crippen LogP contribution in [0.1, 0.15) is 20.7 Å². The molecule has 0 heterocycles. The Bertz CT molecular complexity index is 1910. The van der Waals surface area contributed by atoms with E-state index in [-0.39, 0.29) is 11.5 Å². The van der Waals surface area contributed by atoms with Gasteiger partial charge < -0.3 is 19.7 Å². The van der Waals surface area contributed by atoms with E-state index in [2.05, 4.69) is 0 Å². The fourth-order valence-corrected chi connectivity index (χ4v) is 4.55. The molecule has 6 aromatic rings. The van der Waals surface area contributed by atoms with Gasteiger partial charge in [0.05, 0.1) is 11.1 Å². The third-order valence-corrected chi connectivity index (χ3v) is 6.57. The number of ether oxygens (including phenoxy) is 2. The summed E-state index contributed by atoms with van der Waals surface area (Å²) in [5.41, 5.74) is 2.08. The lowest BCUT2D eigenvalue weighted by atomic mass is 10.0. The number of carbonyl (C=O) groups is 2. The molecule has 0 amide bonds. The molecule has 6 heteroatoms. The zero-order valence-corrected chi connectivity index (χ0v) is 21.1. The first-order valence-corrected chi connectivity index (χ1v) is 12.5. The van der Waals surface area contributed by atoms with Gasteiger partial charge in [0.2, 0.25) is 0 Å². The van der Waals surface area contributed by atoms with Crippen LogP contribution in [-0.2, 0) is 0 Å². The standard InChI is InChI=1S/C34H22O6/c35-28-12-10-22-16-26(8-6-24(22)18-28)33(37)39-30-14-15-32(31(20-30)21-4-2-1-3-5-21)40-34(38)27-9-7-25-19-29(36)13-11-23(25)17-27/h1-20,35-36H. The van der Waals surface area contributed by atoms with E-state index < -0.39 is 11.9 Å². The number of phenols is 2. The lowest BCUT2D eigenvalue weighted by Gasteiger charge is -2.13. The Kier molecular flexibility index (Phi) is 6.34. The van der Waals surface area contributed by atoms with E-state index in [9.17, 15) is 19.8 Å². The van der Waals surface area contributed by atoms with Gasteiger partial charge in [-0.15, -0.1) is 0 Å². The monoisotopic (exact) mass is 526 g/mol. The Balaban J connectivity index is 1.29. The molecule has 0 fully saturated rings. The van der Waals surface area contributed by atoms with Crippen molar-refractivity contribution in [3.05, 3.63) is 132 Å². The molecule has 0 saturated carbocycles. The van der Waals surface area contributed by atoms with E-state index in [0.717, 1.165) is 27.1 Å². The lowest BCUT2D eigenvalue weighted by Crippen LogP contribution is -2.10. The quantitative estimate of drug-likeness (QED) is 0.178. The fraction of sp³-hybridized carbons (Fsp3) is 0. The van der Waals surface area contributed by atoms with E-state index in [4.69, 9.17) is 9.47 Å². The van der Waals surface area contributed by atoms with Crippen LogP contribution in [0.4, 0.5) is 0 Å². The molecule has 0 bridgehead atoms. The van der Waals surface area contributed by atoms with Crippen molar-refractivity contribution in [2.75, 3.05) is 0 Å². The van der Waals surface area contributed by atoms with Crippen LogP contribution >= 0.6 is 0 Å². The molecule has 2 N–H and O–H groups in total. The van der Waals surface area contributed by atoms with E-state index in [1.54, 1.807) is 91.0 Å². The second kappa shape index (κ2) is 10.3. The van der Waals surface area contributed by atoms with Gasteiger partial charge in [0.1, 0.15) is 23.0 Å². The van der Waals surface area contributed by atoms with Crippen molar-refractivity contribution in [2.45, 2.75) is 0 Å². The minimum absolute atomic E-state index is 0.150. The third-order valence-electron chi connectivity index (χ3n) is 6.57. The first-order valence-electron chi connectivity index (χ1n) is 12.5. The van der Waals surface area contributed by atoms with E-state index >= 15 is 0 Å². The highest BCUT2D eigenvalue weighted by Crippen LogP contribution is 2.35. The van der Waals surface area contributed by atoms with Gasteiger partial charge in [-0.2, -0.15) is 0 Å². The number of rotatable bonds is 5. The van der Waals surface area contributed by atoms with Crippen molar-refractivity contribution in [1.82, 2.24) is 0 Å². The topological polar surface area (TPSA) is 93.1 Å². The number of esters is 2. The molecule has 0 aromatic heterocycles. The summed E-state index contributed by atoms with van der Waals surface area (Å²) in [6.07, 6.45) is 0. The summed E-state index contributed by atoms with van der Waals surface area (Å²) in [6, 6.07) is 34.3. The van der Waals surface area contributed by atoms with Crippen molar-refractivity contribution in [3.63, 3.8) is 0 Å². The van der Waals surface area contributed by atoms with Crippen LogP contribution in [0.5, 0.6) is 23.0 Å². The normalized spacial score (nSPS) is 10.9. The predicted octanol–water partition coefficient (Wildman–Crippen LogP) is 7.51. The highest BCUT2D eigenvalue weighted by molar-refractivity contribution is 5.98. The van der Waals surface area contributed by atoms with Gasteiger partial charge in [-0.1, -0.05) is 54.6 Å². The summed E-state index contributed by atoms with van der Waals surface area (Å²) < 4.78 is 11.5. The molecule has 6 nitrogen and oxygen atoms in total. The molecule has 0 radical (unpaired) electrons. The van der Waals surface area contributed by atoms with Crippen molar-refractivity contribution in [1.29, 1.82) is 0 Å². The average Bonchev–Trinajstić information content (AvgIpc) is 2.97. The van der Waals surface area contributed by atoms with Crippen molar-refractivity contribution in [2.24, 2.45) is 0 Å². The van der Waals surface area contributed by atoms with Crippen LogP contribution in [0.2, 0.25) is 0 Å². The Morgan fingerprint density at radius 1 is 0.500 bits per heavy atom. The maximum atomic E-state index is 13.1. The van der Waals surface area contributed by atoms with Crippen LogP contribution in [0.15, 0.2) is 121 Å². The number of fused-ring (bicyclic) bond motifs is 2. The van der Waals surface area contributed by atoms with Crippen molar-refractivity contribution < 1.29 is 29.3 Å². The Hall–Kier alpha value is -5.62. The molecule has 0 aliphatic rings. The van der Waals surface area contributed by atoms with Crippen LogP contribution in [0.25, 0.3) is 32.7 Å². The Morgan fingerprint density at radius 3 is 1.62 bits per heavy atom. The van der Waals surface area contributed by atoms with Crippen LogP contribution in [0, 0.1) is 0 Å². The van der Waals surface area contributed by atoms with Gasteiger partial charge in [0.15, 0.2) is 0 Å². The number of phenolic OH excluding ortho intramolecular Hbond substituents is 2. The molecule has 0 spiro atoms. The summed E-state index contributed by atoms with van der Waals surface area (Å²) in [5.74, 6) is -0.178. The summed E-state index contributed by atoms with van der Waals surface area (Å²) >= 11 is 0. The number of hydrogen-bond donors (Lipinski definition) is 2. The highest BCUT2D eigenvalue weighted by Gasteiger charge is 2.17. The molecule has 0 aliphatic carbocycles. The van der Waals surface area contributed by atoms with E-state index in [1.165, 1.54) is 0 Å². The van der Waals surface area contributed by atoms with Crippen molar-refractivity contribution in [3.8, 4) is 34.1 Å².